The van der Waals surface area contributed by atoms with Gasteiger partial charge in [-0.05, 0) is 36.6 Å². The van der Waals surface area contributed by atoms with Gasteiger partial charge in [-0.2, -0.15) is 0 Å². The van der Waals surface area contributed by atoms with Gasteiger partial charge in [-0.25, -0.2) is 4.79 Å². The Morgan fingerprint density at radius 2 is 1.93 bits per heavy atom. The average Bonchev–Trinajstić information content (AvgIpc) is 2.68. The zero-order valence-electron chi connectivity index (χ0n) is 15.9. The molecule has 2 aliphatic heterocycles. The number of carbonyl (C=O) groups is 2. The van der Waals surface area contributed by atoms with E-state index in [1.54, 1.807) is 41.3 Å². The molecule has 2 N–H and O–H groups in total. The SMILES string of the molecule is O=C(CCNC(=O)N1C[C@H]2C[C@H](C1)c1cccc(=O)n1C2)Nc1cccc(Cl)c1. The van der Waals surface area contributed by atoms with Gasteiger partial charge >= 0.3 is 6.03 Å². The molecule has 4 rings (SSSR count). The van der Waals surface area contributed by atoms with Crippen LogP contribution in [0.2, 0.25) is 5.02 Å². The van der Waals surface area contributed by atoms with E-state index in [-0.39, 0.29) is 42.3 Å². The molecule has 0 spiro atoms. The van der Waals surface area contributed by atoms with Gasteiger partial charge in [0.05, 0.1) is 0 Å². The molecule has 2 aliphatic rings. The van der Waals surface area contributed by atoms with Crippen LogP contribution in [0.15, 0.2) is 47.3 Å². The van der Waals surface area contributed by atoms with Crippen molar-refractivity contribution in [2.24, 2.45) is 5.92 Å². The lowest BCUT2D eigenvalue weighted by atomic mass is 9.83. The maximum Gasteiger partial charge on any atom is 0.317 e. The van der Waals surface area contributed by atoms with Crippen LogP contribution >= 0.6 is 11.6 Å². The van der Waals surface area contributed by atoms with Crippen LogP contribution in [0, 0.1) is 5.92 Å². The highest BCUT2D eigenvalue weighted by molar-refractivity contribution is 6.30. The number of nitrogens with one attached hydrogen (secondary N) is 2. The number of carbonyl (C=O) groups excluding carboxylic acids is 2. The van der Waals surface area contributed by atoms with E-state index in [1.807, 2.05) is 10.6 Å². The largest absolute Gasteiger partial charge is 0.337 e. The summed E-state index contributed by atoms with van der Waals surface area (Å²) in [5.74, 6) is 0.267. The molecule has 29 heavy (non-hydrogen) atoms. The first-order chi connectivity index (χ1) is 14.0. The molecule has 152 valence electrons. The normalized spacial score (nSPS) is 20.0. The lowest BCUT2D eigenvalue weighted by molar-refractivity contribution is -0.116. The smallest absolute Gasteiger partial charge is 0.317 e. The molecule has 0 radical (unpaired) electrons. The first-order valence-electron chi connectivity index (χ1n) is 9.77. The Kier molecular flexibility index (Phi) is 5.58. The molecule has 2 aromatic rings. The Balaban J connectivity index is 1.29. The Bertz CT molecular complexity index is 990. The number of pyridine rings is 1. The van der Waals surface area contributed by atoms with E-state index < -0.39 is 0 Å². The number of rotatable bonds is 4. The summed E-state index contributed by atoms with van der Waals surface area (Å²) in [5.41, 5.74) is 1.67. The van der Waals surface area contributed by atoms with E-state index in [2.05, 4.69) is 10.6 Å². The van der Waals surface area contributed by atoms with Crippen molar-refractivity contribution < 1.29 is 9.59 Å². The van der Waals surface area contributed by atoms with Crippen LogP contribution in [0.25, 0.3) is 0 Å². The number of piperidine rings is 1. The molecule has 0 saturated carbocycles. The maximum atomic E-state index is 12.6. The van der Waals surface area contributed by atoms with E-state index >= 15 is 0 Å². The topological polar surface area (TPSA) is 83.4 Å². The number of urea groups is 1. The summed E-state index contributed by atoms with van der Waals surface area (Å²) in [6.07, 6.45) is 1.17. The molecule has 0 unspecified atom stereocenters. The molecule has 1 aromatic heterocycles. The summed E-state index contributed by atoms with van der Waals surface area (Å²) < 4.78 is 1.84. The molecule has 2 bridgehead atoms. The van der Waals surface area contributed by atoms with Gasteiger partial charge in [0.25, 0.3) is 5.56 Å². The number of benzene rings is 1. The van der Waals surface area contributed by atoms with E-state index in [1.165, 1.54) is 0 Å². The predicted octanol–water partition coefficient (Wildman–Crippen LogP) is 2.66. The number of hydrogen-bond acceptors (Lipinski definition) is 3. The lowest BCUT2D eigenvalue weighted by Gasteiger charge is -2.42. The number of fused-ring (bicyclic) bond motifs is 4. The van der Waals surface area contributed by atoms with Gasteiger partial charge in [-0.15, -0.1) is 0 Å². The van der Waals surface area contributed by atoms with Crippen molar-refractivity contribution >= 4 is 29.2 Å². The van der Waals surface area contributed by atoms with Crippen molar-refractivity contribution in [3.05, 3.63) is 63.5 Å². The van der Waals surface area contributed by atoms with Crippen LogP contribution in [-0.4, -0.2) is 41.0 Å². The lowest BCUT2D eigenvalue weighted by Crippen LogP contribution is -2.52. The molecule has 1 fully saturated rings. The zero-order valence-corrected chi connectivity index (χ0v) is 16.7. The third kappa shape index (κ3) is 4.45. The number of likely N-dealkylation sites (tertiary alicyclic amines) is 1. The molecule has 2 atom stereocenters. The maximum absolute atomic E-state index is 12.6. The quantitative estimate of drug-likeness (QED) is 0.806. The van der Waals surface area contributed by atoms with Crippen molar-refractivity contribution in [3.8, 4) is 0 Å². The summed E-state index contributed by atoms with van der Waals surface area (Å²) in [6.45, 7) is 2.11. The molecule has 1 aromatic carbocycles. The van der Waals surface area contributed by atoms with Crippen molar-refractivity contribution in [1.82, 2.24) is 14.8 Å². The summed E-state index contributed by atoms with van der Waals surface area (Å²) in [4.78, 5) is 38.5. The Morgan fingerprint density at radius 1 is 1.10 bits per heavy atom. The van der Waals surface area contributed by atoms with Gasteiger partial charge in [0.2, 0.25) is 5.91 Å². The molecular formula is C21H23ClN4O3. The summed E-state index contributed by atoms with van der Waals surface area (Å²) >= 11 is 5.91. The predicted molar refractivity (Wildman–Crippen MR) is 111 cm³/mol. The van der Waals surface area contributed by atoms with Gasteiger partial charge in [-0.1, -0.05) is 23.7 Å². The number of halogens is 1. The molecular weight excluding hydrogens is 392 g/mol. The van der Waals surface area contributed by atoms with Crippen LogP contribution in [0.4, 0.5) is 10.5 Å². The number of nitrogens with zero attached hydrogens (tertiary/aromatic N) is 2. The summed E-state index contributed by atoms with van der Waals surface area (Å²) in [6, 6.07) is 12.1. The fraction of sp³-hybridized carbons (Fsp3) is 0.381. The second kappa shape index (κ2) is 8.29. The second-order valence-corrected chi connectivity index (χ2v) is 8.08. The highest BCUT2D eigenvalue weighted by atomic mass is 35.5. The van der Waals surface area contributed by atoms with Crippen LogP contribution < -0.4 is 16.2 Å². The van der Waals surface area contributed by atoms with Gasteiger partial charge < -0.3 is 20.1 Å². The van der Waals surface area contributed by atoms with Crippen LogP contribution in [-0.2, 0) is 11.3 Å². The number of anilines is 1. The third-order valence-corrected chi connectivity index (χ3v) is 5.74. The van der Waals surface area contributed by atoms with E-state index in [0.29, 0.717) is 30.3 Å². The molecule has 3 heterocycles. The van der Waals surface area contributed by atoms with Crippen molar-refractivity contribution in [2.45, 2.75) is 25.3 Å². The van der Waals surface area contributed by atoms with Crippen LogP contribution in [0.5, 0.6) is 0 Å². The van der Waals surface area contributed by atoms with E-state index in [0.717, 1.165) is 12.1 Å². The fourth-order valence-electron chi connectivity index (χ4n) is 4.25. The molecule has 3 amide bonds. The number of aromatic nitrogens is 1. The molecule has 0 aliphatic carbocycles. The van der Waals surface area contributed by atoms with Gasteiger partial charge in [0.1, 0.15) is 0 Å². The van der Waals surface area contributed by atoms with Crippen molar-refractivity contribution in [1.29, 1.82) is 0 Å². The second-order valence-electron chi connectivity index (χ2n) is 7.64. The summed E-state index contributed by atoms with van der Waals surface area (Å²) in [7, 11) is 0. The van der Waals surface area contributed by atoms with Gasteiger partial charge in [0.15, 0.2) is 0 Å². The Labute approximate surface area is 173 Å². The Morgan fingerprint density at radius 3 is 2.76 bits per heavy atom. The van der Waals surface area contributed by atoms with Crippen molar-refractivity contribution in [2.75, 3.05) is 25.0 Å². The van der Waals surface area contributed by atoms with E-state index in [4.69, 9.17) is 11.6 Å². The van der Waals surface area contributed by atoms with Gasteiger partial charge in [-0.3, -0.25) is 9.59 Å². The highest BCUT2D eigenvalue weighted by Gasteiger charge is 2.36. The highest BCUT2D eigenvalue weighted by Crippen LogP contribution is 2.34. The zero-order chi connectivity index (χ0) is 20.4. The van der Waals surface area contributed by atoms with Crippen molar-refractivity contribution in [3.63, 3.8) is 0 Å². The Hall–Kier alpha value is -2.80. The minimum atomic E-state index is -0.184. The van der Waals surface area contributed by atoms with Crippen LogP contribution in [0.1, 0.15) is 24.5 Å². The molecule has 1 saturated heterocycles. The first-order valence-corrected chi connectivity index (χ1v) is 10.2. The minimum Gasteiger partial charge on any atom is -0.337 e. The standard InChI is InChI=1S/C21H23ClN4O3/c22-16-3-1-4-17(10-16)24-19(27)7-8-23-21(29)25-11-14-9-15(13-25)18-5-2-6-20(28)26(18)12-14/h1-6,10,14-15H,7-9,11-13H2,(H,23,29)(H,24,27)/t14-,15-/m1/s1. The number of hydrogen-bond donors (Lipinski definition) is 2. The summed E-state index contributed by atoms with van der Waals surface area (Å²) in [5, 5.41) is 6.15. The van der Waals surface area contributed by atoms with Gasteiger partial charge in [0, 0.05) is 61.0 Å². The minimum absolute atomic E-state index is 0.0285. The van der Waals surface area contributed by atoms with E-state index in [9.17, 15) is 14.4 Å². The first kappa shape index (κ1) is 19.5. The van der Waals surface area contributed by atoms with Crippen LogP contribution in [0.3, 0.4) is 0 Å². The average molecular weight is 415 g/mol. The molecule has 7 nitrogen and oxygen atoms in total. The number of amides is 3. The third-order valence-electron chi connectivity index (χ3n) is 5.50. The monoisotopic (exact) mass is 414 g/mol. The molecule has 8 heteroatoms. The fourth-order valence-corrected chi connectivity index (χ4v) is 4.44.